The van der Waals surface area contributed by atoms with E-state index in [1.165, 1.54) is 0 Å². The number of hydrogen-bond donors (Lipinski definition) is 1. The molecule has 0 bridgehead atoms. The second-order valence-electron chi connectivity index (χ2n) is 5.53. The first-order valence-corrected chi connectivity index (χ1v) is 6.77. The molecule has 1 N–H and O–H groups in total. The van der Waals surface area contributed by atoms with Crippen molar-refractivity contribution in [3.8, 4) is 0 Å². The van der Waals surface area contributed by atoms with Gasteiger partial charge < -0.3 is 10.2 Å². The number of nitrogens with zero attached hydrogens (tertiary/aromatic N) is 2. The van der Waals surface area contributed by atoms with E-state index < -0.39 is 0 Å². The topological polar surface area (TPSA) is 35.6 Å². The van der Waals surface area contributed by atoms with Gasteiger partial charge in [0.1, 0.15) is 0 Å². The molecule has 1 aliphatic heterocycles. The maximum absolute atomic E-state index is 11.9. The zero-order valence-corrected chi connectivity index (χ0v) is 11.7. The largest absolute Gasteiger partial charge is 0.338 e. The van der Waals surface area contributed by atoms with Crippen molar-refractivity contribution in [1.82, 2.24) is 15.1 Å². The lowest BCUT2D eigenvalue weighted by Gasteiger charge is -2.36. The summed E-state index contributed by atoms with van der Waals surface area (Å²) in [6.07, 6.45) is 1.05. The molecule has 0 unspecified atom stereocenters. The van der Waals surface area contributed by atoms with Crippen molar-refractivity contribution < 1.29 is 4.79 Å². The average Bonchev–Trinajstić information content (AvgIpc) is 2.28. The summed E-state index contributed by atoms with van der Waals surface area (Å²) in [5.74, 6) is 0.646. The van der Waals surface area contributed by atoms with Crippen LogP contribution in [-0.4, -0.2) is 54.6 Å². The molecule has 17 heavy (non-hydrogen) atoms. The standard InChI is InChI=1S/C13H27N3O/c1-11(2)5-6-14-13(17)16-9-7-15(8-10-16)12(3)4/h11-12H,5-10H2,1-4H3,(H,14,17). The van der Waals surface area contributed by atoms with Crippen molar-refractivity contribution in [2.45, 2.75) is 40.2 Å². The summed E-state index contributed by atoms with van der Waals surface area (Å²) < 4.78 is 0. The van der Waals surface area contributed by atoms with Crippen LogP contribution in [0.4, 0.5) is 4.79 Å². The van der Waals surface area contributed by atoms with E-state index in [4.69, 9.17) is 0 Å². The Kier molecular flexibility index (Phi) is 5.75. The van der Waals surface area contributed by atoms with Crippen molar-refractivity contribution in [2.24, 2.45) is 5.92 Å². The van der Waals surface area contributed by atoms with Crippen LogP contribution in [0, 0.1) is 5.92 Å². The lowest BCUT2D eigenvalue weighted by atomic mass is 10.1. The summed E-state index contributed by atoms with van der Waals surface area (Å²) in [6, 6.07) is 0.690. The summed E-state index contributed by atoms with van der Waals surface area (Å²) >= 11 is 0. The van der Waals surface area contributed by atoms with Gasteiger partial charge in [-0.1, -0.05) is 13.8 Å². The van der Waals surface area contributed by atoms with E-state index >= 15 is 0 Å². The Morgan fingerprint density at radius 3 is 2.18 bits per heavy atom. The van der Waals surface area contributed by atoms with Crippen molar-refractivity contribution >= 4 is 6.03 Å². The third kappa shape index (κ3) is 4.94. The van der Waals surface area contributed by atoms with Crippen LogP contribution in [-0.2, 0) is 0 Å². The Hall–Kier alpha value is -0.770. The number of urea groups is 1. The van der Waals surface area contributed by atoms with Gasteiger partial charge in [0.2, 0.25) is 0 Å². The van der Waals surface area contributed by atoms with Crippen LogP contribution in [0.5, 0.6) is 0 Å². The van der Waals surface area contributed by atoms with Crippen LogP contribution in [0.15, 0.2) is 0 Å². The first-order chi connectivity index (χ1) is 8.00. The molecule has 0 radical (unpaired) electrons. The van der Waals surface area contributed by atoms with E-state index in [0.29, 0.717) is 12.0 Å². The third-order valence-corrected chi connectivity index (χ3v) is 3.33. The molecule has 100 valence electrons. The van der Waals surface area contributed by atoms with Crippen molar-refractivity contribution in [3.63, 3.8) is 0 Å². The summed E-state index contributed by atoms with van der Waals surface area (Å²) in [4.78, 5) is 16.2. The van der Waals surface area contributed by atoms with Crippen LogP contribution in [0.2, 0.25) is 0 Å². The molecule has 1 rings (SSSR count). The first kappa shape index (κ1) is 14.3. The Labute approximate surface area is 105 Å². The molecule has 0 aromatic rings. The van der Waals surface area contributed by atoms with Gasteiger partial charge in [0.15, 0.2) is 0 Å². The Bertz CT molecular complexity index is 233. The molecule has 1 saturated heterocycles. The van der Waals surface area contributed by atoms with Gasteiger partial charge in [0, 0.05) is 38.8 Å². The number of carbonyl (C=O) groups excluding carboxylic acids is 1. The second kappa shape index (κ2) is 6.84. The average molecular weight is 241 g/mol. The molecule has 0 aliphatic carbocycles. The lowest BCUT2D eigenvalue weighted by molar-refractivity contribution is 0.119. The number of piperazine rings is 1. The Morgan fingerprint density at radius 1 is 1.12 bits per heavy atom. The zero-order chi connectivity index (χ0) is 12.8. The van der Waals surface area contributed by atoms with E-state index in [1.54, 1.807) is 0 Å². The maximum atomic E-state index is 11.9. The zero-order valence-electron chi connectivity index (χ0n) is 11.7. The lowest BCUT2D eigenvalue weighted by Crippen LogP contribution is -2.53. The van der Waals surface area contributed by atoms with E-state index in [9.17, 15) is 4.79 Å². The smallest absolute Gasteiger partial charge is 0.317 e. The van der Waals surface area contributed by atoms with Crippen molar-refractivity contribution in [2.75, 3.05) is 32.7 Å². The molecule has 4 nitrogen and oxygen atoms in total. The number of carbonyl (C=O) groups is 1. The molecule has 0 aromatic heterocycles. The van der Waals surface area contributed by atoms with Gasteiger partial charge in [-0.3, -0.25) is 4.90 Å². The van der Waals surface area contributed by atoms with Crippen molar-refractivity contribution in [1.29, 1.82) is 0 Å². The minimum atomic E-state index is 0.106. The highest BCUT2D eigenvalue weighted by atomic mass is 16.2. The Balaban J connectivity index is 2.21. The minimum absolute atomic E-state index is 0.106. The molecule has 1 aliphatic rings. The fourth-order valence-corrected chi connectivity index (χ4v) is 2.02. The SMILES string of the molecule is CC(C)CCNC(=O)N1CCN(C(C)C)CC1. The molecule has 1 fully saturated rings. The molecule has 2 amide bonds. The fourth-order valence-electron chi connectivity index (χ4n) is 2.02. The quantitative estimate of drug-likeness (QED) is 0.814. The van der Waals surface area contributed by atoms with Crippen LogP contribution < -0.4 is 5.32 Å². The number of amides is 2. The van der Waals surface area contributed by atoms with Crippen LogP contribution in [0.25, 0.3) is 0 Å². The molecule has 0 saturated carbocycles. The predicted molar refractivity (Wildman–Crippen MR) is 71.1 cm³/mol. The summed E-state index contributed by atoms with van der Waals surface area (Å²) in [5.41, 5.74) is 0. The molecule has 0 atom stereocenters. The molecule has 0 spiro atoms. The normalized spacial score (nSPS) is 17.9. The predicted octanol–water partition coefficient (Wildman–Crippen LogP) is 1.77. The highest BCUT2D eigenvalue weighted by Gasteiger charge is 2.21. The Morgan fingerprint density at radius 2 is 1.71 bits per heavy atom. The van der Waals surface area contributed by atoms with Crippen LogP contribution in [0.1, 0.15) is 34.1 Å². The van der Waals surface area contributed by atoms with Crippen molar-refractivity contribution in [3.05, 3.63) is 0 Å². The molecule has 4 heteroatoms. The summed E-state index contributed by atoms with van der Waals surface area (Å²) in [6.45, 7) is 13.3. The van der Waals surface area contributed by atoms with E-state index in [2.05, 4.69) is 37.9 Å². The summed E-state index contributed by atoms with van der Waals surface area (Å²) in [5, 5.41) is 3.00. The maximum Gasteiger partial charge on any atom is 0.317 e. The highest BCUT2D eigenvalue weighted by Crippen LogP contribution is 2.06. The summed E-state index contributed by atoms with van der Waals surface area (Å²) in [7, 11) is 0. The van der Waals surface area contributed by atoms with Gasteiger partial charge in [-0.2, -0.15) is 0 Å². The second-order valence-corrected chi connectivity index (χ2v) is 5.53. The van der Waals surface area contributed by atoms with Gasteiger partial charge in [-0.15, -0.1) is 0 Å². The van der Waals surface area contributed by atoms with Gasteiger partial charge in [-0.25, -0.2) is 4.79 Å². The number of hydrogen-bond acceptors (Lipinski definition) is 2. The van der Waals surface area contributed by atoms with E-state index in [0.717, 1.165) is 39.1 Å². The van der Waals surface area contributed by atoms with Gasteiger partial charge in [0.05, 0.1) is 0 Å². The number of rotatable bonds is 4. The van der Waals surface area contributed by atoms with Crippen LogP contribution in [0.3, 0.4) is 0 Å². The van der Waals surface area contributed by atoms with Gasteiger partial charge >= 0.3 is 6.03 Å². The van der Waals surface area contributed by atoms with Gasteiger partial charge in [0.25, 0.3) is 0 Å². The van der Waals surface area contributed by atoms with Gasteiger partial charge in [-0.05, 0) is 26.2 Å². The number of nitrogens with one attached hydrogen (secondary N) is 1. The molecule has 0 aromatic carbocycles. The molecular weight excluding hydrogens is 214 g/mol. The molecular formula is C13H27N3O. The monoisotopic (exact) mass is 241 g/mol. The van der Waals surface area contributed by atoms with E-state index in [1.807, 2.05) is 4.90 Å². The fraction of sp³-hybridized carbons (Fsp3) is 0.923. The van der Waals surface area contributed by atoms with Crippen LogP contribution >= 0.6 is 0 Å². The minimum Gasteiger partial charge on any atom is -0.338 e. The first-order valence-electron chi connectivity index (χ1n) is 6.77. The molecule has 1 heterocycles. The highest BCUT2D eigenvalue weighted by molar-refractivity contribution is 5.74. The third-order valence-electron chi connectivity index (χ3n) is 3.33. The van der Waals surface area contributed by atoms with E-state index in [-0.39, 0.29) is 6.03 Å².